The van der Waals surface area contributed by atoms with Crippen molar-refractivity contribution in [1.82, 2.24) is 20.0 Å². The van der Waals surface area contributed by atoms with Gasteiger partial charge in [0.1, 0.15) is 11.4 Å². The van der Waals surface area contributed by atoms with E-state index in [-0.39, 0.29) is 17.9 Å². The number of benzene rings is 1. The number of hydrogen-bond donors (Lipinski definition) is 1. The molecular weight excluding hydrogens is 408 g/mol. The zero-order valence-corrected chi connectivity index (χ0v) is 19.7. The molecule has 1 aromatic carbocycles. The molecule has 8 nitrogen and oxygen atoms in total. The van der Waals surface area contributed by atoms with Gasteiger partial charge in [-0.3, -0.25) is 4.79 Å². The molecule has 0 spiro atoms. The molecule has 8 heteroatoms. The molecule has 3 rings (SSSR count). The molecule has 0 atom stereocenters. The molecule has 1 saturated heterocycles. The van der Waals surface area contributed by atoms with E-state index in [9.17, 15) is 9.59 Å². The van der Waals surface area contributed by atoms with Crippen LogP contribution in [0.2, 0.25) is 0 Å². The van der Waals surface area contributed by atoms with Crippen molar-refractivity contribution in [2.24, 2.45) is 0 Å². The fourth-order valence-corrected chi connectivity index (χ4v) is 3.85. The summed E-state index contributed by atoms with van der Waals surface area (Å²) in [4.78, 5) is 27.1. The van der Waals surface area contributed by atoms with E-state index in [0.717, 1.165) is 36.4 Å². The molecule has 0 aliphatic carbocycles. The van der Waals surface area contributed by atoms with Crippen molar-refractivity contribution in [2.45, 2.75) is 58.5 Å². The first-order valence-electron chi connectivity index (χ1n) is 11.2. The van der Waals surface area contributed by atoms with Crippen molar-refractivity contribution in [3.8, 4) is 11.4 Å². The Bertz CT molecular complexity index is 922. The van der Waals surface area contributed by atoms with Crippen LogP contribution in [-0.4, -0.2) is 59.0 Å². The number of ether oxygens (including phenoxy) is 2. The highest BCUT2D eigenvalue weighted by molar-refractivity contribution is 5.95. The molecule has 2 aromatic rings. The van der Waals surface area contributed by atoms with Gasteiger partial charge in [-0.2, -0.15) is 5.10 Å². The van der Waals surface area contributed by atoms with E-state index in [1.54, 1.807) is 18.2 Å². The van der Waals surface area contributed by atoms with E-state index >= 15 is 0 Å². The molecule has 0 bridgehead atoms. The van der Waals surface area contributed by atoms with E-state index in [4.69, 9.17) is 9.47 Å². The third-order valence-electron chi connectivity index (χ3n) is 5.44. The van der Waals surface area contributed by atoms with Crippen LogP contribution in [0.5, 0.6) is 5.75 Å². The average molecular weight is 443 g/mol. The first-order chi connectivity index (χ1) is 15.2. The Kier molecular flexibility index (Phi) is 7.43. The van der Waals surface area contributed by atoms with Gasteiger partial charge in [-0.05, 0) is 64.3 Å². The van der Waals surface area contributed by atoms with E-state index in [1.807, 2.05) is 56.6 Å². The third-order valence-corrected chi connectivity index (χ3v) is 5.44. The SMILES string of the molecule is CCCNC(=O)c1cnn(-c2ccc(OC)cc2)c1C1CCN(C(=O)OC(C)(C)C)CC1. The number of amides is 2. The lowest BCUT2D eigenvalue weighted by molar-refractivity contribution is 0.0203. The Hall–Kier alpha value is -3.03. The molecule has 1 fully saturated rings. The number of carbonyl (C=O) groups is 2. The van der Waals surface area contributed by atoms with Crippen LogP contribution in [0.4, 0.5) is 4.79 Å². The van der Waals surface area contributed by atoms with Crippen molar-refractivity contribution >= 4 is 12.0 Å². The Morgan fingerprint density at radius 1 is 1.16 bits per heavy atom. The van der Waals surface area contributed by atoms with Crippen LogP contribution in [0.25, 0.3) is 5.69 Å². The number of methoxy groups -OCH3 is 1. The van der Waals surface area contributed by atoms with Crippen LogP contribution in [0, 0.1) is 0 Å². The summed E-state index contributed by atoms with van der Waals surface area (Å²) in [7, 11) is 1.63. The van der Waals surface area contributed by atoms with Crippen molar-refractivity contribution in [3.63, 3.8) is 0 Å². The molecule has 1 aliphatic rings. The summed E-state index contributed by atoms with van der Waals surface area (Å²) in [6.07, 6.45) is 3.68. The van der Waals surface area contributed by atoms with Crippen LogP contribution in [-0.2, 0) is 4.74 Å². The minimum absolute atomic E-state index is 0.0978. The van der Waals surface area contributed by atoms with Gasteiger partial charge >= 0.3 is 6.09 Å². The van der Waals surface area contributed by atoms with Gasteiger partial charge < -0.3 is 19.7 Å². The summed E-state index contributed by atoms with van der Waals surface area (Å²) >= 11 is 0. The topological polar surface area (TPSA) is 85.7 Å². The Morgan fingerprint density at radius 3 is 2.38 bits per heavy atom. The number of rotatable bonds is 6. The van der Waals surface area contributed by atoms with Gasteiger partial charge in [-0.15, -0.1) is 0 Å². The highest BCUT2D eigenvalue weighted by Crippen LogP contribution is 2.33. The lowest BCUT2D eigenvalue weighted by Crippen LogP contribution is -2.41. The number of nitrogens with zero attached hydrogens (tertiary/aromatic N) is 3. The maximum atomic E-state index is 12.9. The van der Waals surface area contributed by atoms with Gasteiger partial charge in [-0.25, -0.2) is 9.48 Å². The average Bonchev–Trinajstić information content (AvgIpc) is 3.21. The third kappa shape index (κ3) is 5.60. The molecule has 2 heterocycles. The van der Waals surface area contributed by atoms with Gasteiger partial charge in [0.05, 0.1) is 30.3 Å². The van der Waals surface area contributed by atoms with Crippen LogP contribution in [0.3, 0.4) is 0 Å². The predicted octanol–water partition coefficient (Wildman–Crippen LogP) is 4.14. The van der Waals surface area contributed by atoms with Gasteiger partial charge in [-0.1, -0.05) is 6.92 Å². The second-order valence-electron chi connectivity index (χ2n) is 9.05. The minimum atomic E-state index is -0.522. The number of likely N-dealkylation sites (tertiary alicyclic amines) is 1. The van der Waals surface area contributed by atoms with Crippen LogP contribution >= 0.6 is 0 Å². The van der Waals surface area contributed by atoms with Crippen LogP contribution in [0.1, 0.15) is 68.9 Å². The van der Waals surface area contributed by atoms with E-state index in [0.29, 0.717) is 25.2 Å². The maximum Gasteiger partial charge on any atom is 0.410 e. The summed E-state index contributed by atoms with van der Waals surface area (Å²) in [6.45, 7) is 9.38. The van der Waals surface area contributed by atoms with E-state index in [1.165, 1.54) is 0 Å². The second kappa shape index (κ2) is 10.1. The lowest BCUT2D eigenvalue weighted by Gasteiger charge is -2.34. The summed E-state index contributed by atoms with van der Waals surface area (Å²) in [5, 5.41) is 7.53. The van der Waals surface area contributed by atoms with Crippen LogP contribution in [0.15, 0.2) is 30.5 Å². The molecule has 1 N–H and O–H groups in total. The monoisotopic (exact) mass is 442 g/mol. The first kappa shape index (κ1) is 23.6. The Labute approximate surface area is 189 Å². The van der Waals surface area contributed by atoms with Crippen molar-refractivity contribution in [1.29, 1.82) is 0 Å². The van der Waals surface area contributed by atoms with E-state index < -0.39 is 5.60 Å². The number of hydrogen-bond acceptors (Lipinski definition) is 5. The quantitative estimate of drug-likeness (QED) is 0.727. The molecule has 1 aliphatic heterocycles. The fourth-order valence-electron chi connectivity index (χ4n) is 3.85. The zero-order valence-electron chi connectivity index (χ0n) is 19.7. The lowest BCUT2D eigenvalue weighted by atomic mass is 9.91. The number of nitrogens with one attached hydrogen (secondary N) is 1. The molecule has 174 valence electrons. The molecule has 1 aromatic heterocycles. The summed E-state index contributed by atoms with van der Waals surface area (Å²) in [5.41, 5.74) is 1.81. The van der Waals surface area contributed by atoms with Gasteiger partial charge in [0.2, 0.25) is 0 Å². The molecular formula is C24H34N4O4. The highest BCUT2D eigenvalue weighted by atomic mass is 16.6. The fraction of sp³-hybridized carbons (Fsp3) is 0.542. The normalized spacial score (nSPS) is 14.8. The molecule has 0 radical (unpaired) electrons. The minimum Gasteiger partial charge on any atom is -0.497 e. The largest absolute Gasteiger partial charge is 0.497 e. The highest BCUT2D eigenvalue weighted by Gasteiger charge is 2.32. The first-order valence-corrected chi connectivity index (χ1v) is 11.2. The Morgan fingerprint density at radius 2 is 1.81 bits per heavy atom. The van der Waals surface area contributed by atoms with Crippen molar-refractivity contribution in [3.05, 3.63) is 41.7 Å². The standard InChI is InChI=1S/C24H34N4O4/c1-6-13-25-22(29)20-16-26-28(18-7-9-19(31-5)10-8-18)21(20)17-11-14-27(15-12-17)23(30)32-24(2,3)4/h7-10,16-17H,6,11-15H2,1-5H3,(H,25,29). The molecule has 0 unspecified atom stereocenters. The summed E-state index contributed by atoms with van der Waals surface area (Å²) in [5.74, 6) is 0.742. The van der Waals surface area contributed by atoms with Crippen molar-refractivity contribution in [2.75, 3.05) is 26.7 Å². The zero-order chi connectivity index (χ0) is 23.3. The van der Waals surface area contributed by atoms with Crippen molar-refractivity contribution < 1.29 is 19.1 Å². The number of carbonyl (C=O) groups excluding carboxylic acids is 2. The summed E-state index contributed by atoms with van der Waals surface area (Å²) in [6, 6.07) is 7.61. The van der Waals surface area contributed by atoms with Gasteiger partial charge in [0.25, 0.3) is 5.91 Å². The van der Waals surface area contributed by atoms with Gasteiger partial charge in [0, 0.05) is 25.6 Å². The van der Waals surface area contributed by atoms with E-state index in [2.05, 4.69) is 10.4 Å². The molecule has 2 amide bonds. The second-order valence-corrected chi connectivity index (χ2v) is 9.05. The summed E-state index contributed by atoms with van der Waals surface area (Å²) < 4.78 is 12.6. The Balaban J connectivity index is 1.85. The van der Waals surface area contributed by atoms with Crippen LogP contribution < -0.4 is 10.1 Å². The van der Waals surface area contributed by atoms with Gasteiger partial charge in [0.15, 0.2) is 0 Å². The molecule has 32 heavy (non-hydrogen) atoms. The molecule has 0 saturated carbocycles. The number of aromatic nitrogens is 2. The number of piperidine rings is 1. The smallest absolute Gasteiger partial charge is 0.410 e. The maximum absolute atomic E-state index is 12.9. The predicted molar refractivity (Wildman–Crippen MR) is 123 cm³/mol.